The molecule has 6 unspecified atom stereocenters. The number of nitrogens with two attached hydrogens (primary N) is 1. The lowest BCUT2D eigenvalue weighted by molar-refractivity contribution is -0.184. The van der Waals surface area contributed by atoms with Gasteiger partial charge in [-0.25, -0.2) is 0 Å². The van der Waals surface area contributed by atoms with Crippen LogP contribution in [0.15, 0.2) is 23.9 Å². The Labute approximate surface area is 230 Å². The average molecular weight is 555 g/mol. The first kappa shape index (κ1) is 27.6. The summed E-state index contributed by atoms with van der Waals surface area (Å²) in [6, 6.07) is 2.57. The van der Waals surface area contributed by atoms with E-state index in [1.165, 1.54) is 0 Å². The van der Waals surface area contributed by atoms with Gasteiger partial charge in [-0.1, -0.05) is 0 Å². The van der Waals surface area contributed by atoms with Crippen molar-refractivity contribution < 1.29 is 34.8 Å². The number of aromatic hydroxyl groups is 1. The van der Waals surface area contributed by atoms with Gasteiger partial charge < -0.3 is 41.3 Å². The zero-order valence-corrected chi connectivity index (χ0v) is 22.7. The minimum absolute atomic E-state index is 0.0267. The molecule has 1 aromatic carbocycles. The molecule has 0 bridgehead atoms. The number of anilines is 2. The minimum Gasteiger partial charge on any atom is -0.507 e. The van der Waals surface area contributed by atoms with Crippen molar-refractivity contribution in [1.82, 2.24) is 15.1 Å². The van der Waals surface area contributed by atoms with Crippen molar-refractivity contribution >= 4 is 34.6 Å². The molecule has 1 aromatic heterocycles. The van der Waals surface area contributed by atoms with Crippen LogP contribution < -0.4 is 16.0 Å². The van der Waals surface area contributed by atoms with Crippen molar-refractivity contribution in [3.05, 3.63) is 40.7 Å². The van der Waals surface area contributed by atoms with Crippen LogP contribution in [-0.4, -0.2) is 98.9 Å². The predicted octanol–water partition coefficient (Wildman–Crippen LogP) is -0.470. The standard InChI is InChI=1S/C27H34N6O7/c1-32(2)16-9-15(29-10-12-5-6-30-31-12)21(34)18-13(16)7-11-8-14-20(33(3)4)23(36)19(26(28)39)25(38)27(14,40)24(37)17(11)22(18)35/h5-6,9,11,14,19-20,23,29,34-36,40H,7-8,10H2,1-4H3,(H2,28,39)(H,30,31). The Morgan fingerprint density at radius 1 is 1.25 bits per heavy atom. The van der Waals surface area contributed by atoms with E-state index in [-0.39, 0.29) is 36.3 Å². The first-order valence-corrected chi connectivity index (χ1v) is 13.0. The number of aromatic nitrogens is 2. The number of fused-ring (bicyclic) bond motifs is 3. The SMILES string of the molecule is CN(C)c1cc(NCc2ccn[nH]2)c(O)c2c1CC1CC3C(N(C)C)C(O)C(C(N)=O)C(=O)C3(O)C(=O)C1=C2O. The van der Waals surface area contributed by atoms with E-state index in [1.807, 2.05) is 19.0 Å². The third kappa shape index (κ3) is 3.87. The third-order valence-corrected chi connectivity index (χ3v) is 8.57. The molecule has 0 radical (unpaired) electrons. The van der Waals surface area contributed by atoms with Gasteiger partial charge in [0.15, 0.2) is 11.4 Å². The highest BCUT2D eigenvalue weighted by molar-refractivity contribution is 6.25. The number of benzene rings is 1. The summed E-state index contributed by atoms with van der Waals surface area (Å²) < 4.78 is 0. The van der Waals surface area contributed by atoms with Crippen LogP contribution in [0, 0.1) is 17.8 Å². The number of nitrogens with one attached hydrogen (secondary N) is 2. The van der Waals surface area contributed by atoms with Crippen LogP contribution in [0.5, 0.6) is 5.75 Å². The number of phenols is 1. The number of nitrogens with zero attached hydrogens (tertiary/aromatic N) is 3. The number of carbonyl (C=O) groups is 3. The maximum absolute atomic E-state index is 14.0. The molecule has 1 heterocycles. The summed E-state index contributed by atoms with van der Waals surface area (Å²) in [6.07, 6.45) is 0.343. The van der Waals surface area contributed by atoms with Gasteiger partial charge in [-0.3, -0.25) is 19.5 Å². The summed E-state index contributed by atoms with van der Waals surface area (Å²) >= 11 is 0. The Balaban J connectivity index is 1.66. The van der Waals surface area contributed by atoms with Gasteiger partial charge in [0.05, 0.1) is 29.6 Å². The van der Waals surface area contributed by atoms with Crippen LogP contribution in [0.1, 0.15) is 23.2 Å². The molecule has 13 nitrogen and oxygen atoms in total. The fraction of sp³-hybridized carbons (Fsp3) is 0.481. The molecule has 2 fully saturated rings. The van der Waals surface area contributed by atoms with Crippen molar-refractivity contribution in [1.29, 1.82) is 0 Å². The number of aliphatic hydroxyl groups is 3. The quantitative estimate of drug-likeness (QED) is 0.179. The summed E-state index contributed by atoms with van der Waals surface area (Å²) in [7, 11) is 6.86. The number of rotatable bonds is 6. The molecule has 5 rings (SSSR count). The van der Waals surface area contributed by atoms with Crippen molar-refractivity contribution in [2.45, 2.75) is 37.1 Å². The van der Waals surface area contributed by atoms with Gasteiger partial charge in [0.2, 0.25) is 11.7 Å². The van der Waals surface area contributed by atoms with Gasteiger partial charge in [-0.15, -0.1) is 0 Å². The highest BCUT2D eigenvalue weighted by atomic mass is 16.3. The molecule has 40 heavy (non-hydrogen) atoms. The molecule has 2 aromatic rings. The molecular weight excluding hydrogens is 520 g/mol. The molecule has 13 heteroatoms. The van der Waals surface area contributed by atoms with Crippen LogP contribution in [0.3, 0.4) is 0 Å². The molecule has 8 N–H and O–H groups in total. The summed E-state index contributed by atoms with van der Waals surface area (Å²) in [5.41, 5.74) is 4.90. The van der Waals surface area contributed by atoms with E-state index in [9.17, 15) is 34.8 Å². The number of phenolic OH excluding ortho intramolecular Hbond substituents is 1. The van der Waals surface area contributed by atoms with Crippen LogP contribution in [0.25, 0.3) is 5.76 Å². The lowest BCUT2D eigenvalue weighted by Crippen LogP contribution is -2.73. The van der Waals surface area contributed by atoms with Crippen molar-refractivity contribution in [3.8, 4) is 5.75 Å². The predicted molar refractivity (Wildman–Crippen MR) is 144 cm³/mol. The maximum Gasteiger partial charge on any atom is 0.230 e. The number of H-pyrrole nitrogens is 1. The van der Waals surface area contributed by atoms with Crippen molar-refractivity contribution in [2.75, 3.05) is 38.4 Å². The minimum atomic E-state index is -2.69. The van der Waals surface area contributed by atoms with Gasteiger partial charge in [0.1, 0.15) is 17.4 Å². The summed E-state index contributed by atoms with van der Waals surface area (Å²) in [6.45, 7) is 0.288. The molecule has 214 valence electrons. The first-order chi connectivity index (χ1) is 18.8. The summed E-state index contributed by atoms with van der Waals surface area (Å²) in [4.78, 5) is 43.1. The van der Waals surface area contributed by atoms with E-state index in [2.05, 4.69) is 15.5 Å². The Hall–Kier alpha value is -3.94. The van der Waals surface area contributed by atoms with Crippen LogP contribution in [-0.2, 0) is 27.3 Å². The number of amides is 1. The fourth-order valence-electron chi connectivity index (χ4n) is 6.76. The van der Waals surface area contributed by atoms with Crippen molar-refractivity contribution in [2.24, 2.45) is 23.5 Å². The van der Waals surface area contributed by atoms with E-state index < -0.39 is 58.7 Å². The molecule has 2 saturated carbocycles. The monoisotopic (exact) mass is 554 g/mol. The van der Waals surface area contributed by atoms with Gasteiger partial charge in [0, 0.05) is 43.5 Å². The van der Waals surface area contributed by atoms with Crippen molar-refractivity contribution in [3.63, 3.8) is 0 Å². The molecule has 0 spiro atoms. The van der Waals surface area contributed by atoms with Crippen LogP contribution in [0.2, 0.25) is 0 Å². The average Bonchev–Trinajstić information content (AvgIpc) is 3.39. The summed E-state index contributed by atoms with van der Waals surface area (Å²) in [5.74, 6) is -7.71. The number of primary amides is 1. The molecule has 3 aliphatic carbocycles. The van der Waals surface area contributed by atoms with Crippen LogP contribution >= 0.6 is 0 Å². The van der Waals surface area contributed by atoms with Gasteiger partial charge in [-0.05, 0) is 50.6 Å². The molecule has 0 aliphatic heterocycles. The van der Waals surface area contributed by atoms with Gasteiger partial charge >= 0.3 is 0 Å². The Kier molecular flexibility index (Phi) is 6.63. The smallest absolute Gasteiger partial charge is 0.230 e. The number of aliphatic hydroxyl groups excluding tert-OH is 2. The second-order valence-corrected chi connectivity index (χ2v) is 11.3. The van der Waals surface area contributed by atoms with E-state index in [0.717, 1.165) is 5.69 Å². The second-order valence-electron chi connectivity index (χ2n) is 11.3. The molecule has 0 saturated heterocycles. The van der Waals surface area contributed by atoms with E-state index in [4.69, 9.17) is 5.73 Å². The maximum atomic E-state index is 14.0. The number of hydrogen-bond acceptors (Lipinski definition) is 11. The number of hydrogen-bond donors (Lipinski definition) is 7. The lowest BCUT2D eigenvalue weighted by atomic mass is 9.54. The number of carbonyl (C=O) groups excluding carboxylic acids is 3. The van der Waals surface area contributed by atoms with Gasteiger partial charge in [0.25, 0.3) is 0 Å². The number of likely N-dealkylation sites (N-methyl/N-ethyl adjacent to an activating group) is 1. The molecule has 3 aliphatic rings. The van der Waals surface area contributed by atoms with E-state index in [1.54, 1.807) is 37.3 Å². The number of ketones is 2. The third-order valence-electron chi connectivity index (χ3n) is 8.57. The zero-order chi connectivity index (χ0) is 29.3. The topological polar surface area (TPSA) is 205 Å². The van der Waals surface area contributed by atoms with E-state index >= 15 is 0 Å². The van der Waals surface area contributed by atoms with Crippen LogP contribution in [0.4, 0.5) is 11.4 Å². The fourth-order valence-corrected chi connectivity index (χ4v) is 6.76. The molecular formula is C27H34N6O7. The zero-order valence-electron chi connectivity index (χ0n) is 22.7. The molecule has 1 amide bonds. The summed E-state index contributed by atoms with van der Waals surface area (Å²) in [5, 5.41) is 55.4. The van der Waals surface area contributed by atoms with Gasteiger partial charge in [-0.2, -0.15) is 5.10 Å². The second kappa shape index (κ2) is 9.61. The lowest BCUT2D eigenvalue weighted by Gasteiger charge is -2.53. The molecule has 6 atom stereocenters. The Morgan fingerprint density at radius 3 is 2.52 bits per heavy atom. The highest BCUT2D eigenvalue weighted by Crippen LogP contribution is 2.54. The number of Topliss-reactive ketones (excluding diaryl/α,β-unsaturated/α-hetero) is 2. The first-order valence-electron chi connectivity index (χ1n) is 13.0. The van der Waals surface area contributed by atoms with E-state index in [0.29, 0.717) is 16.9 Å². The number of aromatic amines is 1. The Bertz CT molecular complexity index is 1420. The highest BCUT2D eigenvalue weighted by Gasteiger charge is 2.67. The Morgan fingerprint density at radius 2 is 1.95 bits per heavy atom. The normalized spacial score (nSPS) is 29.6. The largest absolute Gasteiger partial charge is 0.507 e.